The van der Waals surface area contributed by atoms with Crippen LogP contribution in [0.4, 0.5) is 0 Å². The summed E-state index contributed by atoms with van der Waals surface area (Å²) in [6.45, 7) is 4.62. The zero-order chi connectivity index (χ0) is 34.8. The molecule has 6 aromatic carbocycles. The first-order valence-electron chi connectivity index (χ1n) is 17.5. The van der Waals surface area contributed by atoms with Crippen molar-refractivity contribution in [3.63, 3.8) is 0 Å². The number of fused-ring (bicyclic) bond motifs is 6. The second-order valence-corrected chi connectivity index (χ2v) is 13.8. The van der Waals surface area contributed by atoms with Crippen LogP contribution in [0.15, 0.2) is 158 Å². The third kappa shape index (κ3) is 4.76. The Labute approximate surface area is 301 Å². The van der Waals surface area contributed by atoms with Crippen molar-refractivity contribution in [2.75, 3.05) is 0 Å². The van der Waals surface area contributed by atoms with Crippen LogP contribution in [0.5, 0.6) is 0 Å². The van der Waals surface area contributed by atoms with E-state index < -0.39 is 0 Å². The summed E-state index contributed by atoms with van der Waals surface area (Å²) in [6, 6.07) is 50.6. The van der Waals surface area contributed by atoms with E-state index in [1.54, 1.807) is 0 Å². The van der Waals surface area contributed by atoms with Gasteiger partial charge >= 0.3 is 0 Å². The van der Waals surface area contributed by atoms with Crippen LogP contribution in [0, 0.1) is 0 Å². The standard InChI is InChI=1S/C46H32N6/c1-46(2)38-22-11-9-20-34(38)36-25-37-35-21-10-12-23-40(35)52(41(37)26-39(36)46)45-47-27-33(28-48-45)44-50-42(30-16-7-4-8-17-30)49-43(51-44)32-19-13-18-31(24-32)29-14-5-3-6-15-29/h3-28H,1-2H3. The van der Waals surface area contributed by atoms with Gasteiger partial charge in [0.25, 0.3) is 0 Å². The van der Waals surface area contributed by atoms with Gasteiger partial charge in [0, 0.05) is 39.7 Å². The smallest absolute Gasteiger partial charge is 0.234 e. The molecule has 3 aromatic heterocycles. The topological polar surface area (TPSA) is 69.4 Å². The van der Waals surface area contributed by atoms with Gasteiger partial charge in [0.15, 0.2) is 17.5 Å². The Morgan fingerprint density at radius 2 is 1.02 bits per heavy atom. The van der Waals surface area contributed by atoms with E-state index in [9.17, 15) is 0 Å². The molecule has 0 amide bonds. The van der Waals surface area contributed by atoms with Crippen molar-refractivity contribution in [2.45, 2.75) is 19.3 Å². The van der Waals surface area contributed by atoms with Gasteiger partial charge in [-0.25, -0.2) is 24.9 Å². The molecule has 52 heavy (non-hydrogen) atoms. The Morgan fingerprint density at radius 3 is 1.79 bits per heavy atom. The minimum absolute atomic E-state index is 0.125. The van der Waals surface area contributed by atoms with E-state index in [2.05, 4.69) is 103 Å². The summed E-state index contributed by atoms with van der Waals surface area (Å²) in [5.41, 5.74) is 12.0. The Morgan fingerprint density at radius 1 is 0.423 bits per heavy atom. The van der Waals surface area contributed by atoms with Gasteiger partial charge in [-0.3, -0.25) is 4.57 Å². The maximum absolute atomic E-state index is 4.99. The highest BCUT2D eigenvalue weighted by atomic mass is 15.2. The summed E-state index contributed by atoms with van der Waals surface area (Å²) in [5, 5.41) is 2.35. The lowest BCUT2D eigenvalue weighted by Gasteiger charge is -2.21. The molecule has 3 heterocycles. The Kier molecular flexibility index (Phi) is 6.73. The van der Waals surface area contributed by atoms with Crippen molar-refractivity contribution >= 4 is 21.8 Å². The van der Waals surface area contributed by atoms with Crippen molar-refractivity contribution in [1.82, 2.24) is 29.5 Å². The summed E-state index contributed by atoms with van der Waals surface area (Å²) in [6.07, 6.45) is 3.65. The molecule has 0 unspecified atom stereocenters. The predicted octanol–water partition coefficient (Wildman–Crippen LogP) is 10.7. The lowest BCUT2D eigenvalue weighted by molar-refractivity contribution is 0.661. The van der Waals surface area contributed by atoms with Crippen molar-refractivity contribution < 1.29 is 0 Å². The molecule has 9 aromatic rings. The van der Waals surface area contributed by atoms with Gasteiger partial charge < -0.3 is 0 Å². The molecule has 0 spiro atoms. The van der Waals surface area contributed by atoms with Crippen molar-refractivity contribution in [3.05, 3.63) is 169 Å². The van der Waals surface area contributed by atoms with Crippen LogP contribution < -0.4 is 0 Å². The highest BCUT2D eigenvalue weighted by molar-refractivity contribution is 6.11. The van der Waals surface area contributed by atoms with Crippen LogP contribution >= 0.6 is 0 Å². The molecule has 0 atom stereocenters. The zero-order valence-electron chi connectivity index (χ0n) is 28.7. The Hall–Kier alpha value is -6.79. The van der Waals surface area contributed by atoms with E-state index in [1.807, 2.05) is 73.1 Å². The van der Waals surface area contributed by atoms with Gasteiger partial charge in [-0.15, -0.1) is 0 Å². The average Bonchev–Trinajstić information content (AvgIpc) is 3.65. The number of nitrogens with zero attached hydrogens (tertiary/aromatic N) is 6. The first-order valence-corrected chi connectivity index (χ1v) is 17.5. The first-order chi connectivity index (χ1) is 25.5. The van der Waals surface area contributed by atoms with E-state index >= 15 is 0 Å². The van der Waals surface area contributed by atoms with Gasteiger partial charge in [-0.05, 0) is 57.6 Å². The zero-order valence-corrected chi connectivity index (χ0v) is 28.7. The molecule has 1 aliphatic rings. The van der Waals surface area contributed by atoms with E-state index in [-0.39, 0.29) is 5.41 Å². The van der Waals surface area contributed by atoms with Gasteiger partial charge in [-0.1, -0.05) is 135 Å². The highest BCUT2D eigenvalue weighted by Gasteiger charge is 2.36. The fourth-order valence-electron chi connectivity index (χ4n) is 7.75. The van der Waals surface area contributed by atoms with Gasteiger partial charge in [0.1, 0.15) is 0 Å². The van der Waals surface area contributed by atoms with Crippen LogP contribution in [-0.2, 0) is 5.41 Å². The molecule has 0 bridgehead atoms. The normalized spacial score (nSPS) is 13.0. The lowest BCUT2D eigenvalue weighted by atomic mass is 9.82. The molecule has 0 fully saturated rings. The third-order valence-corrected chi connectivity index (χ3v) is 10.4. The van der Waals surface area contributed by atoms with Crippen LogP contribution in [0.1, 0.15) is 25.0 Å². The van der Waals surface area contributed by atoms with Gasteiger partial charge in [-0.2, -0.15) is 0 Å². The number of para-hydroxylation sites is 1. The summed E-state index contributed by atoms with van der Waals surface area (Å²) in [7, 11) is 0. The maximum atomic E-state index is 4.99. The maximum Gasteiger partial charge on any atom is 0.234 e. The lowest BCUT2D eigenvalue weighted by Crippen LogP contribution is -2.15. The third-order valence-electron chi connectivity index (χ3n) is 10.4. The SMILES string of the molecule is CC1(C)c2ccccc2-c2cc3c4ccccc4n(-c4ncc(-c5nc(-c6ccccc6)nc(-c6cccc(-c7ccccc7)c6)n5)cn4)c3cc21. The molecule has 1 aliphatic carbocycles. The molecule has 0 saturated heterocycles. The fourth-order valence-corrected chi connectivity index (χ4v) is 7.75. The number of benzene rings is 6. The molecule has 0 radical (unpaired) electrons. The van der Waals surface area contributed by atoms with Gasteiger partial charge in [0.05, 0.1) is 16.6 Å². The van der Waals surface area contributed by atoms with Crippen LogP contribution in [-0.4, -0.2) is 29.5 Å². The van der Waals surface area contributed by atoms with Gasteiger partial charge in [0.2, 0.25) is 5.95 Å². The molecule has 246 valence electrons. The summed E-state index contributed by atoms with van der Waals surface area (Å²) < 4.78 is 2.18. The summed E-state index contributed by atoms with van der Waals surface area (Å²) in [5.74, 6) is 2.29. The quantitative estimate of drug-likeness (QED) is 0.183. The fraction of sp³-hybridized carbons (Fsp3) is 0.0652. The van der Waals surface area contributed by atoms with Crippen molar-refractivity contribution in [3.8, 4) is 62.4 Å². The largest absolute Gasteiger partial charge is 0.278 e. The number of hydrogen-bond acceptors (Lipinski definition) is 5. The van der Waals surface area contributed by atoms with Crippen molar-refractivity contribution in [1.29, 1.82) is 0 Å². The number of aromatic nitrogens is 6. The average molecular weight is 669 g/mol. The Balaban J connectivity index is 1.11. The number of rotatable bonds is 5. The molecule has 6 nitrogen and oxygen atoms in total. The second kappa shape index (κ2) is 11.6. The molecular formula is C46H32N6. The minimum atomic E-state index is -0.125. The predicted molar refractivity (Wildman–Crippen MR) is 209 cm³/mol. The van der Waals surface area contributed by atoms with Crippen LogP contribution in [0.2, 0.25) is 0 Å². The van der Waals surface area contributed by atoms with E-state index in [0.717, 1.165) is 33.3 Å². The molecule has 0 N–H and O–H groups in total. The molecule has 10 rings (SSSR count). The highest BCUT2D eigenvalue weighted by Crippen LogP contribution is 2.50. The summed E-state index contributed by atoms with van der Waals surface area (Å²) >= 11 is 0. The minimum Gasteiger partial charge on any atom is -0.278 e. The molecule has 0 aliphatic heterocycles. The second-order valence-electron chi connectivity index (χ2n) is 13.8. The van der Waals surface area contributed by atoms with Crippen LogP contribution in [0.3, 0.4) is 0 Å². The van der Waals surface area contributed by atoms with Crippen molar-refractivity contribution in [2.24, 2.45) is 0 Å². The monoisotopic (exact) mass is 668 g/mol. The molecule has 6 heteroatoms. The van der Waals surface area contributed by atoms with E-state index in [1.165, 1.54) is 33.0 Å². The Bertz CT molecular complexity index is 2800. The molecular weight excluding hydrogens is 637 g/mol. The molecule has 0 saturated carbocycles. The first kappa shape index (κ1) is 30.1. The van der Waals surface area contributed by atoms with Crippen LogP contribution in [0.25, 0.3) is 84.2 Å². The number of hydrogen-bond donors (Lipinski definition) is 0. The van der Waals surface area contributed by atoms with E-state index in [4.69, 9.17) is 24.9 Å². The summed E-state index contributed by atoms with van der Waals surface area (Å²) in [4.78, 5) is 24.8. The van der Waals surface area contributed by atoms with E-state index in [0.29, 0.717) is 29.0 Å².